The second-order valence-electron chi connectivity index (χ2n) is 7.05. The van der Waals surface area contributed by atoms with Crippen LogP contribution in [0.5, 0.6) is 5.75 Å². The zero-order chi connectivity index (χ0) is 14.5. The molecule has 0 unspecified atom stereocenters. The third-order valence-electron chi connectivity index (χ3n) is 5.52. The van der Waals surface area contributed by atoms with Gasteiger partial charge in [0, 0.05) is 55.0 Å². The van der Waals surface area contributed by atoms with Crippen LogP contribution in [-0.4, -0.2) is 45.8 Å². The largest absolute Gasteiger partial charge is 0.488 e. The van der Waals surface area contributed by atoms with E-state index in [-0.39, 0.29) is 0 Å². The first-order valence-corrected chi connectivity index (χ1v) is 8.18. The molecule has 22 heavy (non-hydrogen) atoms. The molecule has 0 amide bonds. The summed E-state index contributed by atoms with van der Waals surface area (Å²) in [5.74, 6) is 3.20. The molecule has 2 aromatic heterocycles. The van der Waals surface area contributed by atoms with Gasteiger partial charge in [0.2, 0.25) is 0 Å². The summed E-state index contributed by atoms with van der Waals surface area (Å²) in [4.78, 5) is 6.98. The van der Waals surface area contributed by atoms with Crippen LogP contribution in [0.3, 0.4) is 0 Å². The van der Waals surface area contributed by atoms with Gasteiger partial charge in [-0.05, 0) is 24.8 Å². The van der Waals surface area contributed by atoms with E-state index in [2.05, 4.69) is 26.1 Å². The normalized spacial score (nSPS) is 35.7. The van der Waals surface area contributed by atoms with E-state index in [0.29, 0.717) is 17.9 Å². The van der Waals surface area contributed by atoms with Crippen LogP contribution in [0.25, 0.3) is 11.1 Å². The maximum atomic E-state index is 6.41. The van der Waals surface area contributed by atoms with Gasteiger partial charge in [0.15, 0.2) is 0 Å². The van der Waals surface area contributed by atoms with E-state index in [0.717, 1.165) is 22.8 Å². The SMILES string of the molecule is c1ncc(-c2cn[nH]c2)cc1OC1[C@H]2CC3C[C@H]1CN(C3)C2. The minimum atomic E-state index is 0.370. The van der Waals surface area contributed by atoms with Crippen LogP contribution in [0.15, 0.2) is 30.9 Å². The molecule has 114 valence electrons. The number of aromatic nitrogens is 3. The van der Waals surface area contributed by atoms with Crippen molar-refractivity contribution in [3.05, 3.63) is 30.9 Å². The number of hydrogen-bond donors (Lipinski definition) is 1. The van der Waals surface area contributed by atoms with Crippen molar-refractivity contribution in [1.29, 1.82) is 0 Å². The van der Waals surface area contributed by atoms with Crippen LogP contribution in [0, 0.1) is 17.8 Å². The molecule has 3 saturated heterocycles. The highest BCUT2D eigenvalue weighted by Crippen LogP contribution is 2.45. The Kier molecular flexibility index (Phi) is 2.77. The summed E-state index contributed by atoms with van der Waals surface area (Å²) in [6.45, 7) is 3.75. The molecule has 5 nitrogen and oxygen atoms in total. The van der Waals surface area contributed by atoms with Crippen LogP contribution < -0.4 is 4.74 Å². The molecule has 5 heterocycles. The second-order valence-corrected chi connectivity index (χ2v) is 7.05. The van der Waals surface area contributed by atoms with E-state index >= 15 is 0 Å². The molecule has 4 aliphatic rings. The smallest absolute Gasteiger partial charge is 0.138 e. The van der Waals surface area contributed by atoms with Gasteiger partial charge in [-0.1, -0.05) is 0 Å². The molecule has 5 heteroatoms. The number of hydrogen-bond acceptors (Lipinski definition) is 4. The third-order valence-corrected chi connectivity index (χ3v) is 5.52. The van der Waals surface area contributed by atoms with Crippen LogP contribution >= 0.6 is 0 Å². The zero-order valence-corrected chi connectivity index (χ0v) is 12.5. The number of nitrogens with zero attached hydrogens (tertiary/aromatic N) is 3. The molecule has 2 atom stereocenters. The second kappa shape index (κ2) is 4.81. The highest BCUT2D eigenvalue weighted by atomic mass is 16.5. The van der Waals surface area contributed by atoms with Gasteiger partial charge in [0.25, 0.3) is 0 Å². The standard InChI is InChI=1S/C17H20N4O/c1-11-2-14-10-21(8-11)9-13(1)17(14)22-16-3-12(4-18-7-16)15-5-19-20-6-15/h3-7,11,13-14,17H,1-2,8-10H2,(H,19,20)/t11?,13-,14-,17?/m0/s1. The van der Waals surface area contributed by atoms with Crippen molar-refractivity contribution in [2.45, 2.75) is 18.9 Å². The minimum Gasteiger partial charge on any atom is -0.488 e. The first-order chi connectivity index (χ1) is 10.8. The van der Waals surface area contributed by atoms with Gasteiger partial charge in [-0.25, -0.2) is 0 Å². The molecule has 4 bridgehead atoms. The van der Waals surface area contributed by atoms with Crippen molar-refractivity contribution < 1.29 is 4.74 Å². The first kappa shape index (κ1) is 12.6. The van der Waals surface area contributed by atoms with Gasteiger partial charge in [-0.2, -0.15) is 5.10 Å². The zero-order valence-electron chi connectivity index (χ0n) is 12.5. The average molecular weight is 296 g/mol. The molecule has 4 fully saturated rings. The fourth-order valence-corrected chi connectivity index (χ4v) is 4.76. The Labute approximate surface area is 129 Å². The van der Waals surface area contributed by atoms with Crippen LogP contribution in [0.4, 0.5) is 0 Å². The number of aromatic amines is 1. The lowest BCUT2D eigenvalue weighted by molar-refractivity contribution is -0.0985. The van der Waals surface area contributed by atoms with Crippen molar-refractivity contribution in [3.8, 4) is 16.9 Å². The van der Waals surface area contributed by atoms with Crippen molar-refractivity contribution in [3.63, 3.8) is 0 Å². The molecule has 0 aromatic carbocycles. The van der Waals surface area contributed by atoms with Crippen LogP contribution in [-0.2, 0) is 0 Å². The van der Waals surface area contributed by atoms with E-state index in [9.17, 15) is 0 Å². The Morgan fingerprint density at radius 3 is 2.64 bits per heavy atom. The highest BCUT2D eigenvalue weighted by Gasteiger charge is 2.48. The molecule has 1 aliphatic carbocycles. The van der Waals surface area contributed by atoms with Crippen molar-refractivity contribution >= 4 is 0 Å². The third kappa shape index (κ3) is 2.03. The molecule has 1 N–H and O–H groups in total. The van der Waals surface area contributed by atoms with E-state index in [4.69, 9.17) is 4.74 Å². The van der Waals surface area contributed by atoms with Gasteiger partial charge in [-0.3, -0.25) is 10.1 Å². The maximum Gasteiger partial charge on any atom is 0.138 e. The maximum absolute atomic E-state index is 6.41. The van der Waals surface area contributed by atoms with Crippen molar-refractivity contribution in [1.82, 2.24) is 20.1 Å². The predicted molar refractivity (Wildman–Crippen MR) is 82.4 cm³/mol. The number of pyridine rings is 1. The Morgan fingerprint density at radius 2 is 1.91 bits per heavy atom. The summed E-state index contributed by atoms with van der Waals surface area (Å²) in [7, 11) is 0. The summed E-state index contributed by atoms with van der Waals surface area (Å²) in [6.07, 6.45) is 10.5. The lowest BCUT2D eigenvalue weighted by Crippen LogP contribution is -2.61. The molecule has 3 aliphatic heterocycles. The van der Waals surface area contributed by atoms with Crippen molar-refractivity contribution in [2.24, 2.45) is 17.8 Å². The van der Waals surface area contributed by atoms with Gasteiger partial charge in [0.1, 0.15) is 11.9 Å². The lowest BCUT2D eigenvalue weighted by Gasteiger charge is -2.55. The minimum absolute atomic E-state index is 0.370. The van der Waals surface area contributed by atoms with Crippen LogP contribution in [0.1, 0.15) is 12.8 Å². The van der Waals surface area contributed by atoms with Gasteiger partial charge < -0.3 is 9.64 Å². The summed E-state index contributed by atoms with van der Waals surface area (Å²) in [5.41, 5.74) is 2.10. The summed E-state index contributed by atoms with van der Waals surface area (Å²) in [6, 6.07) is 2.09. The fraction of sp³-hybridized carbons (Fsp3) is 0.529. The van der Waals surface area contributed by atoms with E-state index in [1.54, 1.807) is 0 Å². The van der Waals surface area contributed by atoms with Crippen LogP contribution in [0.2, 0.25) is 0 Å². The number of H-pyrrole nitrogens is 1. The lowest BCUT2D eigenvalue weighted by atomic mass is 9.66. The number of piperidine rings is 3. The number of ether oxygens (including phenoxy) is 1. The Hall–Kier alpha value is -1.88. The van der Waals surface area contributed by atoms with Crippen molar-refractivity contribution in [2.75, 3.05) is 19.6 Å². The van der Waals surface area contributed by atoms with Gasteiger partial charge in [0.05, 0.1) is 12.4 Å². The molecular formula is C17H20N4O. The molecule has 6 rings (SSSR count). The number of rotatable bonds is 3. The highest BCUT2D eigenvalue weighted by molar-refractivity contribution is 5.61. The Morgan fingerprint density at radius 1 is 1.05 bits per heavy atom. The summed E-state index contributed by atoms with van der Waals surface area (Å²) in [5, 5.41) is 6.85. The average Bonchev–Trinajstić information content (AvgIpc) is 3.05. The Bertz CT molecular complexity index is 641. The monoisotopic (exact) mass is 296 g/mol. The molecular weight excluding hydrogens is 276 g/mol. The summed E-state index contributed by atoms with van der Waals surface area (Å²) >= 11 is 0. The summed E-state index contributed by atoms with van der Waals surface area (Å²) < 4.78 is 6.41. The predicted octanol–water partition coefficient (Wildman–Crippen LogP) is 2.19. The van der Waals surface area contributed by atoms with E-state index in [1.807, 2.05) is 24.8 Å². The quantitative estimate of drug-likeness (QED) is 0.943. The topological polar surface area (TPSA) is 54.0 Å². The van der Waals surface area contributed by atoms with Gasteiger partial charge >= 0.3 is 0 Å². The fourth-order valence-electron chi connectivity index (χ4n) is 4.76. The van der Waals surface area contributed by atoms with E-state index < -0.39 is 0 Å². The first-order valence-electron chi connectivity index (χ1n) is 8.18. The molecule has 0 radical (unpaired) electrons. The molecule has 0 spiro atoms. The molecule has 2 aromatic rings. The van der Waals surface area contributed by atoms with E-state index in [1.165, 1.54) is 32.5 Å². The molecule has 1 saturated carbocycles. The number of nitrogens with one attached hydrogen (secondary N) is 1. The van der Waals surface area contributed by atoms with Gasteiger partial charge in [-0.15, -0.1) is 0 Å². The Balaban J connectivity index is 1.39.